The molecule has 2 aromatic carbocycles. The molecule has 2 heterocycles. The second kappa shape index (κ2) is 8.19. The molecule has 1 aliphatic heterocycles. The monoisotopic (exact) mass is 425 g/mol. The predicted molar refractivity (Wildman–Crippen MR) is 111 cm³/mol. The molecule has 0 saturated heterocycles. The molecule has 1 aromatic heterocycles. The van der Waals surface area contributed by atoms with Crippen LogP contribution in [0.1, 0.15) is 11.3 Å². The molecule has 4 rings (SSSR count). The minimum atomic E-state index is -0.382. The Labute approximate surface area is 176 Å². The number of nitrogens with zero attached hydrogens (tertiary/aromatic N) is 1. The van der Waals surface area contributed by atoms with Crippen molar-refractivity contribution in [2.75, 3.05) is 7.11 Å². The van der Waals surface area contributed by atoms with Crippen LogP contribution in [0.25, 0.3) is 5.57 Å². The molecule has 0 bridgehead atoms. The Morgan fingerprint density at radius 1 is 1.00 bits per heavy atom. The van der Waals surface area contributed by atoms with Crippen LogP contribution in [-0.2, 0) is 16.1 Å². The minimum absolute atomic E-state index is 0.0635. The number of ether oxygens (including phenoxy) is 1. The topological polar surface area (TPSA) is 59.8 Å². The summed E-state index contributed by atoms with van der Waals surface area (Å²) in [4.78, 5) is 28.8. The number of carbonyl (C=O) groups excluding carboxylic acids is 2. The fourth-order valence-corrected chi connectivity index (χ4v) is 4.19. The van der Waals surface area contributed by atoms with Gasteiger partial charge in [0.1, 0.15) is 11.5 Å². The van der Waals surface area contributed by atoms with Crippen LogP contribution in [0.2, 0.25) is 5.02 Å². The summed E-state index contributed by atoms with van der Waals surface area (Å²) in [7, 11) is 1.53. The molecule has 0 saturated carbocycles. The molecule has 0 spiro atoms. The zero-order valence-electron chi connectivity index (χ0n) is 15.4. The first-order valence-electron chi connectivity index (χ1n) is 8.78. The molecule has 7 heteroatoms. The van der Waals surface area contributed by atoms with Crippen LogP contribution in [0.5, 0.6) is 5.75 Å². The van der Waals surface area contributed by atoms with E-state index in [4.69, 9.17) is 20.8 Å². The van der Waals surface area contributed by atoms with Crippen LogP contribution in [0.4, 0.5) is 0 Å². The molecule has 3 aromatic rings. The third-order valence-corrected chi connectivity index (χ3v) is 5.77. The van der Waals surface area contributed by atoms with Crippen molar-refractivity contribution in [2.45, 2.75) is 11.4 Å². The Hall–Kier alpha value is -2.96. The number of halogens is 1. The first-order chi connectivity index (χ1) is 14.1. The van der Waals surface area contributed by atoms with E-state index >= 15 is 0 Å². The molecule has 0 fully saturated rings. The van der Waals surface area contributed by atoms with Gasteiger partial charge in [0.2, 0.25) is 0 Å². The second-order valence-electron chi connectivity index (χ2n) is 6.24. The van der Waals surface area contributed by atoms with Gasteiger partial charge in [-0.1, -0.05) is 41.6 Å². The van der Waals surface area contributed by atoms with Crippen LogP contribution < -0.4 is 4.74 Å². The molecule has 1 aliphatic rings. The van der Waals surface area contributed by atoms with Gasteiger partial charge in [-0.15, -0.1) is 0 Å². The Balaban J connectivity index is 1.79. The standard InChI is InChI=1S/C22H16ClNO4S/c1-27-18-7-3-2-6-17(18)19-20(29-16-10-8-14(23)9-11-16)22(26)24(21(19)25)13-15-5-4-12-28-15/h2-12H,13H2,1H3. The van der Waals surface area contributed by atoms with Gasteiger partial charge in [-0.25, -0.2) is 0 Å². The van der Waals surface area contributed by atoms with E-state index in [0.717, 1.165) is 4.90 Å². The van der Waals surface area contributed by atoms with Gasteiger partial charge < -0.3 is 9.15 Å². The number of hydrogen-bond donors (Lipinski definition) is 0. The molecule has 2 amide bonds. The number of hydrogen-bond acceptors (Lipinski definition) is 5. The molecule has 29 heavy (non-hydrogen) atoms. The van der Waals surface area contributed by atoms with Crippen LogP contribution in [-0.4, -0.2) is 23.8 Å². The number of imide groups is 1. The molecule has 5 nitrogen and oxygen atoms in total. The number of methoxy groups -OCH3 is 1. The zero-order chi connectivity index (χ0) is 20.4. The highest BCUT2D eigenvalue weighted by molar-refractivity contribution is 8.04. The highest BCUT2D eigenvalue weighted by atomic mass is 35.5. The van der Waals surface area contributed by atoms with Gasteiger partial charge in [-0.2, -0.15) is 0 Å². The van der Waals surface area contributed by atoms with E-state index < -0.39 is 0 Å². The summed E-state index contributed by atoms with van der Waals surface area (Å²) in [5.74, 6) is 0.307. The van der Waals surface area contributed by atoms with Crippen molar-refractivity contribution in [1.29, 1.82) is 0 Å². The largest absolute Gasteiger partial charge is 0.496 e. The maximum absolute atomic E-state index is 13.3. The van der Waals surface area contributed by atoms with E-state index in [-0.39, 0.29) is 18.4 Å². The maximum Gasteiger partial charge on any atom is 0.268 e. The summed E-state index contributed by atoms with van der Waals surface area (Å²) in [6.45, 7) is 0.0635. The Morgan fingerprint density at radius 3 is 2.45 bits per heavy atom. The van der Waals surface area contributed by atoms with E-state index in [1.54, 1.807) is 36.4 Å². The van der Waals surface area contributed by atoms with E-state index in [1.165, 1.54) is 30.0 Å². The Kier molecular flexibility index (Phi) is 5.47. The number of furan rings is 1. The fraction of sp³-hybridized carbons (Fsp3) is 0.0909. The molecular formula is C22H16ClNO4S. The van der Waals surface area contributed by atoms with Gasteiger partial charge in [-0.3, -0.25) is 14.5 Å². The SMILES string of the molecule is COc1ccccc1C1=C(Sc2ccc(Cl)cc2)C(=O)N(Cc2ccco2)C1=O. The van der Waals surface area contributed by atoms with Gasteiger partial charge in [-0.05, 0) is 42.5 Å². The van der Waals surface area contributed by atoms with E-state index in [1.807, 2.05) is 24.3 Å². The quantitative estimate of drug-likeness (QED) is 0.519. The molecule has 0 atom stereocenters. The highest BCUT2D eigenvalue weighted by Crippen LogP contribution is 2.42. The number of thioether (sulfide) groups is 1. The van der Waals surface area contributed by atoms with Crippen molar-refractivity contribution < 1.29 is 18.7 Å². The third-order valence-electron chi connectivity index (χ3n) is 4.43. The number of rotatable bonds is 6. The number of para-hydroxylation sites is 1. The van der Waals surface area contributed by atoms with Gasteiger partial charge in [0.15, 0.2) is 0 Å². The fourth-order valence-electron chi connectivity index (χ4n) is 3.06. The second-order valence-corrected chi connectivity index (χ2v) is 7.76. The van der Waals surface area contributed by atoms with Crippen molar-refractivity contribution in [3.63, 3.8) is 0 Å². The third kappa shape index (κ3) is 3.81. The molecular weight excluding hydrogens is 410 g/mol. The minimum Gasteiger partial charge on any atom is -0.496 e. The average molecular weight is 426 g/mol. The normalized spacial score (nSPS) is 14.1. The van der Waals surface area contributed by atoms with Crippen molar-refractivity contribution in [2.24, 2.45) is 0 Å². The zero-order valence-corrected chi connectivity index (χ0v) is 17.0. The Morgan fingerprint density at radius 2 is 1.76 bits per heavy atom. The number of benzene rings is 2. The lowest BCUT2D eigenvalue weighted by atomic mass is 10.1. The number of carbonyl (C=O) groups is 2. The van der Waals surface area contributed by atoms with Crippen LogP contribution >= 0.6 is 23.4 Å². The molecule has 0 radical (unpaired) electrons. The van der Waals surface area contributed by atoms with Crippen molar-refractivity contribution >= 4 is 40.8 Å². The highest BCUT2D eigenvalue weighted by Gasteiger charge is 2.40. The van der Waals surface area contributed by atoms with Gasteiger partial charge >= 0.3 is 0 Å². The summed E-state index contributed by atoms with van der Waals surface area (Å²) >= 11 is 7.20. The Bertz CT molecular complexity index is 1090. The van der Waals surface area contributed by atoms with Gasteiger partial charge in [0, 0.05) is 15.5 Å². The summed E-state index contributed by atoms with van der Waals surface area (Å²) in [6, 6.07) is 17.7. The average Bonchev–Trinajstić information content (AvgIpc) is 3.33. The summed E-state index contributed by atoms with van der Waals surface area (Å²) in [5.41, 5.74) is 0.894. The van der Waals surface area contributed by atoms with E-state index in [0.29, 0.717) is 32.6 Å². The lowest BCUT2D eigenvalue weighted by molar-refractivity contribution is -0.137. The first-order valence-corrected chi connectivity index (χ1v) is 9.97. The van der Waals surface area contributed by atoms with Crippen molar-refractivity contribution in [1.82, 2.24) is 4.90 Å². The lowest BCUT2D eigenvalue weighted by Gasteiger charge is -2.14. The van der Waals surface area contributed by atoms with Crippen molar-refractivity contribution in [3.05, 3.63) is 88.2 Å². The summed E-state index contributed by atoms with van der Waals surface area (Å²) < 4.78 is 10.8. The van der Waals surface area contributed by atoms with E-state index in [9.17, 15) is 9.59 Å². The summed E-state index contributed by atoms with van der Waals surface area (Å²) in [6.07, 6.45) is 1.51. The molecule has 0 aliphatic carbocycles. The number of amides is 2. The van der Waals surface area contributed by atoms with Crippen LogP contribution in [0, 0.1) is 0 Å². The first kappa shape index (κ1) is 19.4. The maximum atomic E-state index is 13.3. The van der Waals surface area contributed by atoms with E-state index in [2.05, 4.69) is 0 Å². The van der Waals surface area contributed by atoms with Crippen LogP contribution in [0.3, 0.4) is 0 Å². The van der Waals surface area contributed by atoms with Gasteiger partial charge in [0.25, 0.3) is 11.8 Å². The lowest BCUT2D eigenvalue weighted by Crippen LogP contribution is -2.30. The summed E-state index contributed by atoms with van der Waals surface area (Å²) in [5, 5.41) is 0.599. The smallest absolute Gasteiger partial charge is 0.268 e. The van der Waals surface area contributed by atoms with Crippen molar-refractivity contribution in [3.8, 4) is 5.75 Å². The van der Waals surface area contributed by atoms with Gasteiger partial charge in [0.05, 0.1) is 30.4 Å². The molecule has 146 valence electrons. The molecule has 0 unspecified atom stereocenters. The molecule has 0 N–H and O–H groups in total. The predicted octanol–water partition coefficient (Wildman–Crippen LogP) is 5.01. The van der Waals surface area contributed by atoms with Crippen LogP contribution in [0.15, 0.2) is 81.1 Å².